The zero-order valence-corrected chi connectivity index (χ0v) is 23.7. The van der Waals surface area contributed by atoms with Gasteiger partial charge in [0.2, 0.25) is 0 Å². The smallest absolute Gasteiger partial charge is 0.279 e. The van der Waals surface area contributed by atoms with Crippen molar-refractivity contribution in [1.29, 1.82) is 0 Å². The normalized spacial score (nSPS) is 15.5. The summed E-state index contributed by atoms with van der Waals surface area (Å²) in [7, 11) is 0. The van der Waals surface area contributed by atoms with Crippen molar-refractivity contribution < 1.29 is 14.3 Å². The van der Waals surface area contributed by atoms with Crippen molar-refractivity contribution in [3.63, 3.8) is 0 Å². The van der Waals surface area contributed by atoms with Gasteiger partial charge in [-0.25, -0.2) is 0 Å². The fourth-order valence-corrected chi connectivity index (χ4v) is 5.68. The first kappa shape index (κ1) is 26.3. The summed E-state index contributed by atoms with van der Waals surface area (Å²) in [6, 6.07) is 15.3. The Morgan fingerprint density at radius 3 is 2.34 bits per heavy atom. The summed E-state index contributed by atoms with van der Waals surface area (Å²) in [5, 5.41) is 4.28. The van der Waals surface area contributed by atoms with Gasteiger partial charge in [-0.15, -0.1) is 0 Å². The van der Waals surface area contributed by atoms with Crippen molar-refractivity contribution in [2.75, 3.05) is 0 Å². The molecule has 178 valence electrons. The van der Waals surface area contributed by atoms with Gasteiger partial charge in [0.1, 0.15) is 12.4 Å². The number of nitrogens with one attached hydrogen (secondary N) is 1. The maximum Gasteiger partial charge on any atom is 0.279 e. The van der Waals surface area contributed by atoms with E-state index in [0.29, 0.717) is 40.2 Å². The molecular weight excluding hydrogens is 663 g/mol. The summed E-state index contributed by atoms with van der Waals surface area (Å²) < 4.78 is 7.32. The highest BCUT2D eigenvalue weighted by atomic mass is 79.9. The van der Waals surface area contributed by atoms with E-state index in [1.807, 2.05) is 18.2 Å². The van der Waals surface area contributed by atoms with E-state index in [4.69, 9.17) is 39.5 Å². The molecule has 0 aromatic heterocycles. The highest BCUT2D eigenvalue weighted by Gasteiger charge is 2.25. The van der Waals surface area contributed by atoms with Crippen LogP contribution < -0.4 is 10.1 Å². The fourth-order valence-electron chi connectivity index (χ4n) is 2.97. The van der Waals surface area contributed by atoms with E-state index in [1.54, 1.807) is 42.5 Å². The van der Waals surface area contributed by atoms with E-state index < -0.39 is 5.91 Å². The molecule has 1 heterocycles. The highest BCUT2D eigenvalue weighted by molar-refractivity contribution is 9.11. The van der Waals surface area contributed by atoms with Gasteiger partial charge in [0.05, 0.1) is 23.9 Å². The Morgan fingerprint density at radius 1 is 1.00 bits per heavy atom. The predicted octanol–water partition coefficient (Wildman–Crippen LogP) is 8.15. The maximum atomic E-state index is 12.4. The molecule has 0 unspecified atom stereocenters. The minimum absolute atomic E-state index is 0.209. The fraction of sp³-hybridized carbons (Fsp3) is 0.0417. The number of hydrogen-bond acceptors (Lipinski definition) is 4. The van der Waals surface area contributed by atoms with Crippen LogP contribution in [0.1, 0.15) is 21.5 Å². The molecule has 4 rings (SSSR count). The Hall–Kier alpha value is -1.81. The lowest BCUT2D eigenvalue weighted by atomic mass is 10.2. The first-order valence-corrected chi connectivity index (χ1v) is 13.4. The number of hydrogen-bond donors (Lipinski definition) is 1. The molecule has 11 heteroatoms. The average Bonchev–Trinajstić information content (AvgIpc) is 3.14. The molecule has 1 fully saturated rings. The molecule has 35 heavy (non-hydrogen) atoms. The molecule has 0 radical (unpaired) electrons. The van der Waals surface area contributed by atoms with Crippen LogP contribution in [0.3, 0.4) is 0 Å². The Morgan fingerprint density at radius 2 is 1.69 bits per heavy atom. The van der Waals surface area contributed by atoms with Gasteiger partial charge in [0, 0.05) is 10.6 Å². The maximum absolute atomic E-state index is 12.4. The molecule has 3 aromatic rings. The lowest BCUT2D eigenvalue weighted by molar-refractivity contribution is -0.115. The van der Waals surface area contributed by atoms with Gasteiger partial charge in [-0.2, -0.15) is 4.99 Å². The molecule has 5 nitrogen and oxygen atoms in total. The topological polar surface area (TPSA) is 67.8 Å². The summed E-state index contributed by atoms with van der Waals surface area (Å²) in [6.07, 6.45) is 1.70. The first-order valence-electron chi connectivity index (χ1n) is 9.85. The van der Waals surface area contributed by atoms with Crippen molar-refractivity contribution in [3.8, 4) is 5.75 Å². The van der Waals surface area contributed by atoms with Gasteiger partial charge in [0.15, 0.2) is 5.17 Å². The van der Waals surface area contributed by atoms with E-state index in [9.17, 15) is 9.59 Å². The van der Waals surface area contributed by atoms with Gasteiger partial charge in [-0.05, 0) is 109 Å². The number of carbonyl (C=O) groups excluding carboxylic acids is 2. The molecule has 1 saturated heterocycles. The molecule has 0 saturated carbocycles. The molecule has 2 amide bonds. The predicted molar refractivity (Wildman–Crippen MR) is 150 cm³/mol. The summed E-state index contributed by atoms with van der Waals surface area (Å²) >= 11 is 26.0. The van der Waals surface area contributed by atoms with Gasteiger partial charge in [-0.1, -0.05) is 40.9 Å². The molecular formula is C24H13Br2Cl3N2O3S. The Bertz CT molecular complexity index is 1370. The number of thioether (sulfide) groups is 1. The van der Waals surface area contributed by atoms with Crippen LogP contribution in [0.4, 0.5) is 0 Å². The number of amides is 2. The van der Waals surface area contributed by atoms with Crippen molar-refractivity contribution in [1.82, 2.24) is 5.32 Å². The zero-order valence-electron chi connectivity index (χ0n) is 17.5. The lowest BCUT2D eigenvalue weighted by Crippen LogP contribution is -2.20. The number of ether oxygens (including phenoxy) is 1. The largest absolute Gasteiger partial charge is 0.487 e. The van der Waals surface area contributed by atoms with E-state index in [-0.39, 0.29) is 17.7 Å². The number of amidine groups is 1. The second kappa shape index (κ2) is 11.5. The Kier molecular flexibility index (Phi) is 8.63. The molecule has 0 spiro atoms. The van der Waals surface area contributed by atoms with Crippen LogP contribution in [0.15, 0.2) is 73.4 Å². The second-order valence-corrected chi connectivity index (χ2v) is 11.1. The van der Waals surface area contributed by atoms with Crippen LogP contribution >= 0.6 is 78.4 Å². The first-order chi connectivity index (χ1) is 16.7. The van der Waals surface area contributed by atoms with E-state index in [2.05, 4.69) is 42.2 Å². The highest BCUT2D eigenvalue weighted by Crippen LogP contribution is 2.37. The third-order valence-electron chi connectivity index (χ3n) is 4.63. The Labute approximate surface area is 237 Å². The van der Waals surface area contributed by atoms with E-state index >= 15 is 0 Å². The van der Waals surface area contributed by atoms with Gasteiger partial charge >= 0.3 is 0 Å². The number of rotatable bonds is 5. The van der Waals surface area contributed by atoms with Crippen molar-refractivity contribution in [2.24, 2.45) is 4.99 Å². The van der Waals surface area contributed by atoms with Crippen molar-refractivity contribution >= 4 is 101 Å². The molecule has 0 atom stereocenters. The SMILES string of the molecule is O=C1NC(=NC(=O)c2ccc(Cl)cc2)S/C1=C\c1cc(Br)c(OCc2ccc(Cl)c(Cl)c2)c(Br)c1. The van der Waals surface area contributed by atoms with Crippen LogP contribution in [0.5, 0.6) is 5.75 Å². The third-order valence-corrected chi connectivity index (χ3v) is 7.71. The minimum Gasteiger partial charge on any atom is -0.487 e. The number of halogens is 5. The number of aliphatic imine (C=N–C) groups is 1. The number of benzene rings is 3. The molecule has 1 N–H and O–H groups in total. The molecule has 1 aliphatic heterocycles. The summed E-state index contributed by atoms with van der Waals surface area (Å²) in [6.45, 7) is 0.286. The summed E-state index contributed by atoms with van der Waals surface area (Å²) in [5.41, 5.74) is 1.98. The van der Waals surface area contributed by atoms with Gasteiger partial charge < -0.3 is 10.1 Å². The van der Waals surface area contributed by atoms with Crippen LogP contribution in [0.25, 0.3) is 6.08 Å². The molecule has 1 aliphatic rings. The van der Waals surface area contributed by atoms with Crippen LogP contribution in [0.2, 0.25) is 15.1 Å². The van der Waals surface area contributed by atoms with Crippen LogP contribution in [-0.2, 0) is 11.4 Å². The summed E-state index contributed by atoms with van der Waals surface area (Å²) in [5.74, 6) is -0.220. The quantitative estimate of drug-likeness (QED) is 0.278. The van der Waals surface area contributed by atoms with Crippen molar-refractivity contribution in [3.05, 3.63) is 100 Å². The Balaban J connectivity index is 1.48. The third kappa shape index (κ3) is 6.70. The van der Waals surface area contributed by atoms with Crippen molar-refractivity contribution in [2.45, 2.75) is 6.61 Å². The standard InChI is InChI=1S/C24H13Br2Cl3N2O3S/c25-16-7-13(8-17(26)21(16)34-11-12-1-6-18(28)19(29)9-12)10-20-23(33)31-24(35-20)30-22(32)14-2-4-15(27)5-3-14/h1-10H,11H2,(H,30,31,32,33)/b20-10-. The molecule has 0 bridgehead atoms. The van der Waals surface area contributed by atoms with Gasteiger partial charge in [0.25, 0.3) is 11.8 Å². The van der Waals surface area contributed by atoms with Crippen LogP contribution in [0, 0.1) is 0 Å². The van der Waals surface area contributed by atoms with Gasteiger partial charge in [-0.3, -0.25) is 9.59 Å². The number of nitrogens with zero attached hydrogens (tertiary/aromatic N) is 1. The summed E-state index contributed by atoms with van der Waals surface area (Å²) in [4.78, 5) is 29.2. The zero-order chi connectivity index (χ0) is 25.1. The van der Waals surface area contributed by atoms with Crippen LogP contribution in [-0.4, -0.2) is 17.0 Å². The molecule has 0 aliphatic carbocycles. The molecule has 3 aromatic carbocycles. The minimum atomic E-state index is -0.473. The average molecular weight is 676 g/mol. The second-order valence-electron chi connectivity index (χ2n) is 7.14. The van der Waals surface area contributed by atoms with E-state index in [0.717, 1.165) is 22.9 Å². The van der Waals surface area contributed by atoms with E-state index in [1.165, 1.54) is 0 Å². The monoisotopic (exact) mass is 672 g/mol. The lowest BCUT2D eigenvalue weighted by Gasteiger charge is -2.12. The number of carbonyl (C=O) groups is 2.